The zero-order valence-electron chi connectivity index (χ0n) is 18.1. The van der Waals surface area contributed by atoms with Gasteiger partial charge in [-0.15, -0.1) is 0 Å². The van der Waals surface area contributed by atoms with E-state index in [0.29, 0.717) is 45.4 Å². The Morgan fingerprint density at radius 2 is 2.03 bits per heavy atom. The van der Waals surface area contributed by atoms with Crippen LogP contribution in [0.2, 0.25) is 0 Å². The minimum absolute atomic E-state index is 0.0622. The van der Waals surface area contributed by atoms with Gasteiger partial charge in [0.15, 0.2) is 6.10 Å². The smallest absolute Gasteiger partial charge is 0.317 e. The van der Waals surface area contributed by atoms with Gasteiger partial charge >= 0.3 is 6.03 Å². The molecule has 1 spiro atoms. The summed E-state index contributed by atoms with van der Waals surface area (Å²) in [6.07, 6.45) is 6.67. The third kappa shape index (κ3) is 4.71. The van der Waals surface area contributed by atoms with Crippen LogP contribution >= 0.6 is 0 Å². The summed E-state index contributed by atoms with van der Waals surface area (Å²) in [5, 5.41) is 5.92. The summed E-state index contributed by atoms with van der Waals surface area (Å²) in [7, 11) is 0. The molecule has 4 heterocycles. The number of nitrogens with one attached hydrogen (secondary N) is 2. The fourth-order valence-corrected chi connectivity index (χ4v) is 4.26. The maximum Gasteiger partial charge on any atom is 0.317 e. The van der Waals surface area contributed by atoms with Crippen molar-refractivity contribution >= 4 is 11.9 Å². The Balaban J connectivity index is 1.39. The van der Waals surface area contributed by atoms with Crippen LogP contribution in [0.15, 0.2) is 36.8 Å². The van der Waals surface area contributed by atoms with Gasteiger partial charge in [0.25, 0.3) is 5.91 Å². The number of urea groups is 1. The van der Waals surface area contributed by atoms with Crippen LogP contribution in [0.25, 0.3) is 0 Å². The maximum atomic E-state index is 12.9. The number of carbonyl (C=O) groups is 2. The van der Waals surface area contributed by atoms with E-state index in [1.165, 1.54) is 0 Å². The Morgan fingerprint density at radius 3 is 2.74 bits per heavy atom. The Bertz CT molecular complexity index is 905. The summed E-state index contributed by atoms with van der Waals surface area (Å²) in [5.74, 6) is 0.712. The van der Waals surface area contributed by atoms with Crippen molar-refractivity contribution in [1.29, 1.82) is 0 Å². The zero-order valence-corrected chi connectivity index (χ0v) is 18.1. The van der Waals surface area contributed by atoms with E-state index in [2.05, 4.69) is 20.6 Å². The van der Waals surface area contributed by atoms with Crippen molar-refractivity contribution in [1.82, 2.24) is 30.1 Å². The highest BCUT2D eigenvalue weighted by atomic mass is 16.5. The van der Waals surface area contributed by atoms with Gasteiger partial charge < -0.3 is 24.8 Å². The topological polar surface area (TPSA) is 101 Å². The summed E-state index contributed by atoms with van der Waals surface area (Å²) in [5.41, 5.74) is 0.284. The lowest BCUT2D eigenvalue weighted by molar-refractivity contribution is -0.171. The molecule has 1 atom stereocenters. The third-order valence-corrected chi connectivity index (χ3v) is 5.82. The Kier molecular flexibility index (Phi) is 6.22. The summed E-state index contributed by atoms with van der Waals surface area (Å²) >= 11 is 0. The Hall–Kier alpha value is -2.94. The molecule has 0 bridgehead atoms. The number of carbonyl (C=O) groups excluding carboxylic acids is 2. The second-order valence-corrected chi connectivity index (χ2v) is 8.46. The lowest BCUT2D eigenvalue weighted by Gasteiger charge is -2.45. The second-order valence-electron chi connectivity index (χ2n) is 8.46. The normalized spacial score (nSPS) is 19.8. The zero-order chi connectivity index (χ0) is 21.8. The average molecular weight is 427 g/mol. The van der Waals surface area contributed by atoms with E-state index < -0.39 is 11.7 Å². The highest BCUT2D eigenvalue weighted by Gasteiger charge is 2.47. The van der Waals surface area contributed by atoms with Crippen molar-refractivity contribution < 1.29 is 14.3 Å². The molecule has 1 fully saturated rings. The largest absolute Gasteiger partial charge is 0.353 e. The van der Waals surface area contributed by atoms with Gasteiger partial charge in [-0.2, -0.15) is 0 Å². The van der Waals surface area contributed by atoms with Gasteiger partial charge in [0, 0.05) is 69.2 Å². The molecule has 0 aromatic carbocycles. The molecule has 31 heavy (non-hydrogen) atoms. The first-order chi connectivity index (χ1) is 15.0. The van der Waals surface area contributed by atoms with Crippen LogP contribution in [0.3, 0.4) is 0 Å². The molecule has 166 valence electrons. The molecule has 4 rings (SSSR count). The highest BCUT2D eigenvalue weighted by molar-refractivity contribution is 5.81. The molecule has 2 aliphatic rings. The van der Waals surface area contributed by atoms with Crippen molar-refractivity contribution in [3.63, 3.8) is 0 Å². The number of piperidine rings is 1. The number of amides is 3. The van der Waals surface area contributed by atoms with E-state index in [1.54, 1.807) is 17.3 Å². The van der Waals surface area contributed by atoms with Gasteiger partial charge in [-0.05, 0) is 26.0 Å². The lowest BCUT2D eigenvalue weighted by atomic mass is 9.88. The molecule has 0 unspecified atom stereocenters. The van der Waals surface area contributed by atoms with Gasteiger partial charge in [0.1, 0.15) is 11.4 Å². The summed E-state index contributed by atoms with van der Waals surface area (Å²) < 4.78 is 8.41. The average Bonchev–Trinajstić information content (AvgIpc) is 3.24. The molecule has 3 amide bonds. The number of fused-ring (bicyclic) bond motifs is 2. The third-order valence-electron chi connectivity index (χ3n) is 5.82. The van der Waals surface area contributed by atoms with Crippen molar-refractivity contribution in [3.8, 4) is 0 Å². The molecule has 0 aliphatic carbocycles. The number of hydrogen-bond acceptors (Lipinski definition) is 5. The van der Waals surface area contributed by atoms with E-state index in [4.69, 9.17) is 4.74 Å². The molecule has 2 aromatic rings. The number of pyridine rings is 1. The first-order valence-corrected chi connectivity index (χ1v) is 10.9. The van der Waals surface area contributed by atoms with Crippen LogP contribution in [0.4, 0.5) is 4.79 Å². The van der Waals surface area contributed by atoms with Crippen LogP contribution in [0.5, 0.6) is 0 Å². The van der Waals surface area contributed by atoms with Crippen molar-refractivity contribution in [2.75, 3.05) is 19.6 Å². The number of likely N-dealkylation sites (tertiary alicyclic amines) is 1. The number of aromatic nitrogens is 3. The minimum Gasteiger partial charge on any atom is -0.353 e. The van der Waals surface area contributed by atoms with E-state index in [-0.39, 0.29) is 18.0 Å². The molecule has 0 radical (unpaired) electrons. The summed E-state index contributed by atoms with van der Waals surface area (Å²) in [4.78, 5) is 35.9. The fraction of sp³-hybridized carbons (Fsp3) is 0.545. The van der Waals surface area contributed by atoms with Crippen LogP contribution < -0.4 is 10.6 Å². The molecule has 2 N–H and O–H groups in total. The number of ether oxygens (including phenoxy) is 1. The predicted octanol–water partition coefficient (Wildman–Crippen LogP) is 1.44. The van der Waals surface area contributed by atoms with Crippen molar-refractivity contribution in [2.24, 2.45) is 0 Å². The van der Waals surface area contributed by atoms with Crippen LogP contribution in [0.1, 0.15) is 38.2 Å². The van der Waals surface area contributed by atoms with E-state index in [1.807, 2.05) is 42.8 Å². The predicted molar refractivity (Wildman–Crippen MR) is 114 cm³/mol. The molecule has 0 saturated carbocycles. The first kappa shape index (κ1) is 21.3. The SMILES string of the molecule is CC(C)NC(=O)N1CCC2(CC1)O[C@H](C(=O)NCCc1ccccn1)Cn1ccnc12. The standard InChI is InChI=1S/C22H30N6O3/c1-16(2)26-21(30)27-12-7-22(8-13-27)20-25-11-14-28(20)15-18(31-22)19(29)24-10-6-17-5-3-4-9-23-17/h3-5,9,11,14,16,18H,6-8,10,12-13,15H2,1-2H3,(H,24,29)(H,26,30)/t18-/m0/s1. The molecular formula is C22H30N6O3. The molecule has 9 heteroatoms. The number of rotatable bonds is 5. The van der Waals surface area contributed by atoms with Crippen LogP contribution in [-0.4, -0.2) is 63.2 Å². The summed E-state index contributed by atoms with van der Waals surface area (Å²) in [6, 6.07) is 5.78. The quantitative estimate of drug-likeness (QED) is 0.754. The van der Waals surface area contributed by atoms with E-state index in [9.17, 15) is 9.59 Å². The molecule has 9 nitrogen and oxygen atoms in total. The first-order valence-electron chi connectivity index (χ1n) is 10.9. The van der Waals surface area contributed by atoms with Gasteiger partial charge in [-0.3, -0.25) is 9.78 Å². The monoisotopic (exact) mass is 426 g/mol. The molecule has 1 saturated heterocycles. The van der Waals surface area contributed by atoms with Crippen LogP contribution in [-0.2, 0) is 28.1 Å². The highest BCUT2D eigenvalue weighted by Crippen LogP contribution is 2.40. The Morgan fingerprint density at radius 1 is 1.23 bits per heavy atom. The lowest BCUT2D eigenvalue weighted by Crippen LogP contribution is -2.56. The second kappa shape index (κ2) is 9.05. The van der Waals surface area contributed by atoms with E-state index >= 15 is 0 Å². The van der Waals surface area contributed by atoms with Gasteiger partial charge in [-0.1, -0.05) is 6.07 Å². The number of hydrogen-bond donors (Lipinski definition) is 2. The van der Waals surface area contributed by atoms with E-state index in [0.717, 1.165) is 11.5 Å². The minimum atomic E-state index is -0.653. The van der Waals surface area contributed by atoms with Crippen LogP contribution in [0, 0.1) is 0 Å². The fourth-order valence-electron chi connectivity index (χ4n) is 4.26. The molecular weight excluding hydrogens is 396 g/mol. The van der Waals surface area contributed by atoms with Gasteiger partial charge in [0.05, 0.1) is 6.54 Å². The maximum absolute atomic E-state index is 12.9. The summed E-state index contributed by atoms with van der Waals surface area (Å²) in [6.45, 7) is 5.94. The van der Waals surface area contributed by atoms with Crippen molar-refractivity contribution in [2.45, 2.75) is 57.4 Å². The molecule has 2 aromatic heterocycles. The molecule has 2 aliphatic heterocycles. The van der Waals surface area contributed by atoms with Crippen molar-refractivity contribution in [3.05, 3.63) is 48.3 Å². The van der Waals surface area contributed by atoms with Gasteiger partial charge in [0.2, 0.25) is 0 Å². The van der Waals surface area contributed by atoms with Gasteiger partial charge in [-0.25, -0.2) is 9.78 Å². The number of imidazole rings is 1. The Labute approximate surface area is 182 Å². The number of nitrogens with zero attached hydrogens (tertiary/aromatic N) is 4.